The molecule has 0 bridgehead atoms. The summed E-state index contributed by atoms with van der Waals surface area (Å²) in [7, 11) is 3.28. The van der Waals surface area contributed by atoms with Gasteiger partial charge in [0.2, 0.25) is 0 Å². The van der Waals surface area contributed by atoms with E-state index < -0.39 is 17.5 Å². The number of para-hydroxylation sites is 1. The number of ether oxygens (including phenoxy) is 2. The van der Waals surface area contributed by atoms with Crippen LogP contribution in [0.4, 0.5) is 5.69 Å². The van der Waals surface area contributed by atoms with Crippen molar-refractivity contribution in [2.45, 2.75) is 17.5 Å². The topological polar surface area (TPSA) is 93.9 Å². The molecule has 4 rings (SSSR count). The first-order valence-corrected chi connectivity index (χ1v) is 9.62. The van der Waals surface area contributed by atoms with Crippen molar-refractivity contribution in [2.75, 3.05) is 32.6 Å². The Morgan fingerprint density at radius 3 is 2.80 bits per heavy atom. The van der Waals surface area contributed by atoms with Crippen LogP contribution in [-0.4, -0.2) is 49.1 Å². The highest BCUT2D eigenvalue weighted by atomic mass is 16.6. The Kier molecular flexibility index (Phi) is 4.95. The van der Waals surface area contributed by atoms with Gasteiger partial charge in [0, 0.05) is 22.7 Å². The molecule has 2 aromatic rings. The van der Waals surface area contributed by atoms with Crippen LogP contribution in [-0.2, 0) is 10.3 Å². The Hall–Kier alpha value is -3.39. The second-order valence-corrected chi connectivity index (χ2v) is 7.49. The first kappa shape index (κ1) is 19.9. The van der Waals surface area contributed by atoms with Crippen LogP contribution in [0.1, 0.15) is 17.0 Å². The molecule has 30 heavy (non-hydrogen) atoms. The van der Waals surface area contributed by atoms with Crippen molar-refractivity contribution in [3.63, 3.8) is 0 Å². The van der Waals surface area contributed by atoms with Gasteiger partial charge in [0.15, 0.2) is 17.0 Å². The molecule has 1 amide bonds. The lowest BCUT2D eigenvalue weighted by molar-refractivity contribution is -0.534. The monoisotopic (exact) mass is 409 g/mol. The second kappa shape index (κ2) is 7.46. The number of benzene rings is 2. The Bertz CT molecular complexity index is 1020. The van der Waals surface area contributed by atoms with Crippen LogP contribution >= 0.6 is 0 Å². The number of hydrogen-bond acceptors (Lipinski definition) is 6. The zero-order valence-corrected chi connectivity index (χ0v) is 16.8. The van der Waals surface area contributed by atoms with Gasteiger partial charge in [-0.3, -0.25) is 19.8 Å². The summed E-state index contributed by atoms with van der Waals surface area (Å²) in [5.74, 6) is 0.137. The molecule has 1 saturated heterocycles. The predicted molar refractivity (Wildman–Crippen MR) is 112 cm³/mol. The number of carbonyl (C=O) groups is 1. The predicted octanol–water partition coefficient (Wildman–Crippen LogP) is 2.78. The molecule has 8 nitrogen and oxygen atoms in total. The lowest BCUT2D eigenvalue weighted by Crippen LogP contribution is -2.54. The number of hydrogen-bond donors (Lipinski definition) is 1. The van der Waals surface area contributed by atoms with Crippen LogP contribution in [0.5, 0.6) is 11.5 Å². The number of nitro groups is 1. The second-order valence-electron chi connectivity index (χ2n) is 7.49. The minimum atomic E-state index is -1.37. The summed E-state index contributed by atoms with van der Waals surface area (Å²) in [5, 5.41) is 15.2. The van der Waals surface area contributed by atoms with Gasteiger partial charge in [0.1, 0.15) is 6.61 Å². The number of likely N-dealkylation sites (N-methyl/N-ethyl adjacent to an activating group) is 1. The number of carbonyl (C=O) groups excluding carboxylic acids is 1. The minimum absolute atomic E-state index is 0.319. The van der Waals surface area contributed by atoms with Gasteiger partial charge in [0.25, 0.3) is 11.9 Å². The van der Waals surface area contributed by atoms with Gasteiger partial charge >= 0.3 is 0 Å². The van der Waals surface area contributed by atoms with Crippen molar-refractivity contribution in [1.29, 1.82) is 0 Å². The molecule has 2 aliphatic rings. The fourth-order valence-corrected chi connectivity index (χ4v) is 4.76. The summed E-state index contributed by atoms with van der Waals surface area (Å²) in [5.41, 5.74) is 0.614. The Morgan fingerprint density at radius 2 is 2.10 bits per heavy atom. The molecule has 156 valence electrons. The quantitative estimate of drug-likeness (QED) is 0.448. The summed E-state index contributed by atoms with van der Waals surface area (Å²) in [6, 6.07) is 11.3. The van der Waals surface area contributed by atoms with Gasteiger partial charge in [-0.1, -0.05) is 36.9 Å². The van der Waals surface area contributed by atoms with Gasteiger partial charge < -0.3 is 14.8 Å². The van der Waals surface area contributed by atoms with Gasteiger partial charge in [-0.2, -0.15) is 0 Å². The lowest BCUT2D eigenvalue weighted by Gasteiger charge is -2.30. The number of nitrogens with one attached hydrogen (secondary N) is 1. The maximum atomic E-state index is 13.1. The van der Waals surface area contributed by atoms with Crippen LogP contribution < -0.4 is 14.8 Å². The van der Waals surface area contributed by atoms with E-state index >= 15 is 0 Å². The number of rotatable bonds is 6. The lowest BCUT2D eigenvalue weighted by atomic mass is 9.79. The van der Waals surface area contributed by atoms with E-state index in [0.29, 0.717) is 35.9 Å². The molecule has 0 aliphatic carbocycles. The third kappa shape index (κ3) is 2.75. The van der Waals surface area contributed by atoms with E-state index in [1.807, 2.05) is 0 Å². The first-order valence-electron chi connectivity index (χ1n) is 9.62. The molecule has 1 spiro atoms. The molecule has 0 aromatic heterocycles. The third-order valence-electron chi connectivity index (χ3n) is 6.01. The van der Waals surface area contributed by atoms with Crippen molar-refractivity contribution in [3.05, 3.63) is 76.4 Å². The minimum Gasteiger partial charge on any atom is -0.493 e. The number of methoxy groups -OCH3 is 1. The molecular weight excluding hydrogens is 386 g/mol. The molecule has 0 unspecified atom stereocenters. The molecule has 2 heterocycles. The molecule has 2 aromatic carbocycles. The number of likely N-dealkylation sites (tertiary alicyclic amines) is 1. The van der Waals surface area contributed by atoms with E-state index in [9.17, 15) is 14.9 Å². The highest BCUT2D eigenvalue weighted by Gasteiger charge is 2.68. The Balaban J connectivity index is 1.81. The van der Waals surface area contributed by atoms with E-state index in [1.54, 1.807) is 60.5 Å². The maximum absolute atomic E-state index is 13.1. The normalized spacial score (nSPS) is 25.1. The Labute approximate surface area is 174 Å². The highest BCUT2D eigenvalue weighted by molar-refractivity contribution is 6.06. The van der Waals surface area contributed by atoms with Crippen molar-refractivity contribution >= 4 is 11.6 Å². The summed E-state index contributed by atoms with van der Waals surface area (Å²) in [4.78, 5) is 26.9. The zero-order chi connectivity index (χ0) is 21.5. The number of anilines is 1. The van der Waals surface area contributed by atoms with E-state index in [0.717, 1.165) is 5.56 Å². The summed E-state index contributed by atoms with van der Waals surface area (Å²) in [6.07, 6.45) is 1.63. The molecule has 1 N–H and O–H groups in total. The van der Waals surface area contributed by atoms with Crippen LogP contribution in [0.2, 0.25) is 0 Å². The molecule has 1 fully saturated rings. The zero-order valence-electron chi connectivity index (χ0n) is 16.8. The average molecular weight is 409 g/mol. The van der Waals surface area contributed by atoms with E-state index in [-0.39, 0.29) is 10.8 Å². The van der Waals surface area contributed by atoms with Crippen LogP contribution in [0, 0.1) is 10.1 Å². The molecule has 0 radical (unpaired) electrons. The van der Waals surface area contributed by atoms with Crippen LogP contribution in [0.25, 0.3) is 0 Å². The summed E-state index contributed by atoms with van der Waals surface area (Å²) >= 11 is 0. The van der Waals surface area contributed by atoms with Crippen molar-refractivity contribution in [1.82, 2.24) is 4.90 Å². The molecule has 3 atom stereocenters. The first-order chi connectivity index (χ1) is 14.4. The van der Waals surface area contributed by atoms with Gasteiger partial charge in [-0.05, 0) is 30.8 Å². The van der Waals surface area contributed by atoms with Gasteiger partial charge in [-0.15, -0.1) is 0 Å². The molecule has 2 aliphatic heterocycles. The number of fused-ring (bicyclic) bond motifs is 2. The van der Waals surface area contributed by atoms with Crippen molar-refractivity contribution in [3.8, 4) is 11.5 Å². The molecular formula is C22H23N3O5. The van der Waals surface area contributed by atoms with E-state index in [1.165, 1.54) is 7.11 Å². The standard InChI is InChI=1S/C22H23N3O5/c1-4-11-30-18-10-9-14(12-19(18)29-3)15-13-24(2)22(20(15)25(27)28)16-7-5-6-8-17(16)23-21(22)26/h4-10,12,15,20H,1,11,13H2,2-3H3,(H,23,26)/t15-,20-,22-/m0/s1. The molecule has 8 heteroatoms. The van der Waals surface area contributed by atoms with Crippen molar-refractivity contribution in [2.24, 2.45) is 0 Å². The molecule has 0 saturated carbocycles. The Morgan fingerprint density at radius 1 is 1.33 bits per heavy atom. The van der Waals surface area contributed by atoms with Crippen molar-refractivity contribution < 1.29 is 19.2 Å². The number of nitrogens with zero attached hydrogens (tertiary/aromatic N) is 2. The fraction of sp³-hybridized carbons (Fsp3) is 0.318. The van der Waals surface area contributed by atoms with Gasteiger partial charge in [0.05, 0.1) is 13.0 Å². The fourth-order valence-electron chi connectivity index (χ4n) is 4.76. The smallest absolute Gasteiger partial charge is 0.256 e. The summed E-state index contributed by atoms with van der Waals surface area (Å²) in [6.45, 7) is 4.30. The maximum Gasteiger partial charge on any atom is 0.256 e. The van der Waals surface area contributed by atoms with Gasteiger partial charge in [-0.25, -0.2) is 0 Å². The SMILES string of the molecule is C=CCOc1ccc([C@@H]2CN(C)[C@]3(C(=O)Nc4ccccc43)[C@H]2[N+](=O)[O-])cc1OC. The largest absolute Gasteiger partial charge is 0.493 e. The van der Waals surface area contributed by atoms with E-state index in [4.69, 9.17) is 9.47 Å². The van der Waals surface area contributed by atoms with Crippen LogP contribution in [0.15, 0.2) is 55.1 Å². The highest BCUT2D eigenvalue weighted by Crippen LogP contribution is 2.52. The van der Waals surface area contributed by atoms with E-state index in [2.05, 4.69) is 11.9 Å². The summed E-state index contributed by atoms with van der Waals surface area (Å²) < 4.78 is 11.0. The van der Waals surface area contributed by atoms with Crippen LogP contribution in [0.3, 0.4) is 0 Å². The third-order valence-corrected chi connectivity index (χ3v) is 6.01. The number of amides is 1. The average Bonchev–Trinajstić information content (AvgIpc) is 3.22.